The van der Waals surface area contributed by atoms with Gasteiger partial charge < -0.3 is 9.47 Å². The highest BCUT2D eigenvalue weighted by Gasteiger charge is 2.43. The molecule has 0 saturated carbocycles. The van der Waals surface area contributed by atoms with E-state index in [1.807, 2.05) is 42.5 Å². The largest absolute Gasteiger partial charge is 0.343 e. The molecule has 2 atom stereocenters. The summed E-state index contributed by atoms with van der Waals surface area (Å²) in [6.45, 7) is 2.14. The van der Waals surface area contributed by atoms with Gasteiger partial charge in [0, 0.05) is 29.1 Å². The Labute approximate surface area is 199 Å². The molecule has 0 bridgehead atoms. The summed E-state index contributed by atoms with van der Waals surface area (Å²) in [5, 5.41) is 1.18. The average Bonchev–Trinajstić information content (AvgIpc) is 3.35. The van der Waals surface area contributed by atoms with E-state index in [1.54, 1.807) is 0 Å². The van der Waals surface area contributed by atoms with Crippen molar-refractivity contribution in [1.82, 2.24) is 9.47 Å². The highest BCUT2D eigenvalue weighted by molar-refractivity contribution is 6.02. The van der Waals surface area contributed by atoms with Gasteiger partial charge in [0.05, 0.1) is 17.8 Å². The lowest BCUT2D eigenvalue weighted by molar-refractivity contribution is 0.0678. The molecule has 0 saturated heterocycles. The zero-order valence-electron chi connectivity index (χ0n) is 19.3. The monoisotopic (exact) mass is 442 g/mol. The Balaban J connectivity index is 1.66. The second-order valence-corrected chi connectivity index (χ2v) is 8.99. The van der Waals surface area contributed by atoms with Gasteiger partial charge in [0.2, 0.25) is 0 Å². The molecular weight excluding hydrogens is 416 g/mol. The van der Waals surface area contributed by atoms with Crippen LogP contribution in [0.4, 0.5) is 0 Å². The topological polar surface area (TPSA) is 25.2 Å². The molecule has 1 aliphatic heterocycles. The number of fused-ring (bicyclic) bond motifs is 2. The van der Waals surface area contributed by atoms with E-state index in [0.717, 1.165) is 27.9 Å². The minimum atomic E-state index is -0.180. The predicted molar refractivity (Wildman–Crippen MR) is 138 cm³/mol. The maximum absolute atomic E-state index is 13.9. The molecule has 3 heteroatoms. The van der Waals surface area contributed by atoms with Crippen LogP contribution < -0.4 is 0 Å². The van der Waals surface area contributed by atoms with Crippen molar-refractivity contribution in [1.29, 1.82) is 0 Å². The maximum atomic E-state index is 13.9. The van der Waals surface area contributed by atoms with Crippen molar-refractivity contribution < 1.29 is 4.79 Å². The molecule has 0 fully saturated rings. The lowest BCUT2D eigenvalue weighted by Crippen LogP contribution is -2.31. The van der Waals surface area contributed by atoms with Gasteiger partial charge in [0.15, 0.2) is 0 Å². The third-order valence-electron chi connectivity index (χ3n) is 7.16. The van der Waals surface area contributed by atoms with Crippen LogP contribution in [0.3, 0.4) is 0 Å². The summed E-state index contributed by atoms with van der Waals surface area (Å²) < 4.78 is 2.27. The maximum Gasteiger partial charge on any atom is 0.255 e. The first-order valence-electron chi connectivity index (χ1n) is 11.8. The van der Waals surface area contributed by atoms with Crippen LogP contribution in [-0.4, -0.2) is 15.4 Å². The van der Waals surface area contributed by atoms with Crippen LogP contribution in [-0.2, 0) is 7.05 Å². The van der Waals surface area contributed by atoms with Gasteiger partial charge in [0.1, 0.15) is 0 Å². The SMILES string of the molecule is C[C@H](c1ccccc1)N1C(=O)c2ccccc2[C@@H]1c1c(-c2ccccc2)n(C)c2ccccc12. The molecule has 0 spiro atoms. The molecule has 2 heterocycles. The van der Waals surface area contributed by atoms with Crippen LogP contribution in [0.2, 0.25) is 0 Å². The van der Waals surface area contributed by atoms with Gasteiger partial charge in [-0.3, -0.25) is 4.79 Å². The van der Waals surface area contributed by atoms with Gasteiger partial charge in [-0.2, -0.15) is 0 Å². The van der Waals surface area contributed by atoms with Crippen LogP contribution >= 0.6 is 0 Å². The molecule has 1 amide bonds. The summed E-state index contributed by atoms with van der Waals surface area (Å²) in [6.07, 6.45) is 0. The van der Waals surface area contributed by atoms with E-state index in [9.17, 15) is 4.79 Å². The van der Waals surface area contributed by atoms with Crippen LogP contribution in [0.25, 0.3) is 22.2 Å². The van der Waals surface area contributed by atoms with Gasteiger partial charge >= 0.3 is 0 Å². The number of aryl methyl sites for hydroxylation is 1. The van der Waals surface area contributed by atoms with Crippen LogP contribution in [0.5, 0.6) is 0 Å². The Kier molecular flexibility index (Phi) is 4.84. The smallest absolute Gasteiger partial charge is 0.255 e. The average molecular weight is 443 g/mol. The molecule has 4 aromatic carbocycles. The Morgan fingerprint density at radius 2 is 1.35 bits per heavy atom. The second-order valence-electron chi connectivity index (χ2n) is 8.99. The molecule has 0 aliphatic carbocycles. The Morgan fingerprint density at radius 1 is 0.735 bits per heavy atom. The van der Waals surface area contributed by atoms with Gasteiger partial charge in [-0.1, -0.05) is 97.1 Å². The van der Waals surface area contributed by atoms with Crippen molar-refractivity contribution >= 4 is 16.8 Å². The molecule has 0 unspecified atom stereocenters. The van der Waals surface area contributed by atoms with E-state index in [1.165, 1.54) is 16.5 Å². The second kappa shape index (κ2) is 8.03. The van der Waals surface area contributed by atoms with E-state index in [0.29, 0.717) is 0 Å². The van der Waals surface area contributed by atoms with Crippen LogP contribution in [0, 0.1) is 0 Å². The number of amides is 1. The zero-order valence-corrected chi connectivity index (χ0v) is 19.3. The standard InChI is InChI=1S/C31H26N2O/c1-21(22-13-5-3-6-14-22)33-30(24-17-9-10-18-25(24)31(33)34)28-26-19-11-12-20-27(26)32(2)29(28)23-15-7-4-8-16-23/h3-21,30H,1-2H3/t21-,30-/m1/s1. The summed E-state index contributed by atoms with van der Waals surface area (Å²) in [5.74, 6) is 0.0869. The van der Waals surface area contributed by atoms with Gasteiger partial charge in [-0.15, -0.1) is 0 Å². The first-order valence-corrected chi connectivity index (χ1v) is 11.8. The number of hydrogen-bond donors (Lipinski definition) is 0. The van der Waals surface area contributed by atoms with E-state index in [-0.39, 0.29) is 18.0 Å². The highest BCUT2D eigenvalue weighted by atomic mass is 16.2. The molecule has 0 N–H and O–H groups in total. The van der Waals surface area contributed by atoms with Crippen LogP contribution in [0.15, 0.2) is 109 Å². The molecule has 166 valence electrons. The normalized spacial score (nSPS) is 16.1. The fraction of sp³-hybridized carbons (Fsp3) is 0.129. The summed E-state index contributed by atoms with van der Waals surface area (Å²) in [5.41, 5.74) is 7.66. The number of para-hydroxylation sites is 1. The minimum absolute atomic E-state index is 0.0753. The lowest BCUT2D eigenvalue weighted by atomic mass is 9.92. The third-order valence-corrected chi connectivity index (χ3v) is 7.16. The van der Waals surface area contributed by atoms with Crippen molar-refractivity contribution in [3.8, 4) is 11.3 Å². The minimum Gasteiger partial charge on any atom is -0.343 e. The summed E-state index contributed by atoms with van der Waals surface area (Å²) in [7, 11) is 2.13. The van der Waals surface area contributed by atoms with Gasteiger partial charge in [-0.05, 0) is 35.7 Å². The van der Waals surface area contributed by atoms with Crippen molar-refractivity contribution in [3.63, 3.8) is 0 Å². The zero-order chi connectivity index (χ0) is 23.2. The lowest BCUT2D eigenvalue weighted by Gasteiger charge is -2.32. The van der Waals surface area contributed by atoms with Crippen molar-refractivity contribution in [2.24, 2.45) is 7.05 Å². The number of nitrogens with zero attached hydrogens (tertiary/aromatic N) is 2. The molecule has 34 heavy (non-hydrogen) atoms. The van der Waals surface area contributed by atoms with Crippen LogP contribution in [0.1, 0.15) is 46.1 Å². The van der Waals surface area contributed by atoms with Gasteiger partial charge in [0.25, 0.3) is 5.91 Å². The summed E-state index contributed by atoms with van der Waals surface area (Å²) in [4.78, 5) is 16.0. The van der Waals surface area contributed by atoms with E-state index in [4.69, 9.17) is 0 Å². The fourth-order valence-electron chi connectivity index (χ4n) is 5.57. The molecule has 5 aromatic rings. The third kappa shape index (κ3) is 3.01. The molecule has 1 aromatic heterocycles. The summed E-state index contributed by atoms with van der Waals surface area (Å²) in [6, 6.07) is 37.2. The van der Waals surface area contributed by atoms with Crippen molar-refractivity contribution in [3.05, 3.63) is 131 Å². The Hall–Kier alpha value is -4.11. The molecule has 3 nitrogen and oxygen atoms in total. The number of hydrogen-bond acceptors (Lipinski definition) is 1. The van der Waals surface area contributed by atoms with E-state index in [2.05, 4.69) is 90.2 Å². The predicted octanol–water partition coefficient (Wildman–Crippen LogP) is 7.15. The Morgan fingerprint density at radius 3 is 2.12 bits per heavy atom. The first kappa shape index (κ1) is 20.5. The molecular formula is C31H26N2O. The van der Waals surface area contributed by atoms with E-state index >= 15 is 0 Å². The van der Waals surface area contributed by atoms with Crippen molar-refractivity contribution in [2.75, 3.05) is 0 Å². The van der Waals surface area contributed by atoms with Crippen molar-refractivity contribution in [2.45, 2.75) is 19.0 Å². The molecule has 6 rings (SSSR count). The number of carbonyl (C=O) groups excluding carboxylic acids is 1. The van der Waals surface area contributed by atoms with Gasteiger partial charge in [-0.25, -0.2) is 0 Å². The molecule has 0 radical (unpaired) electrons. The van der Waals surface area contributed by atoms with E-state index < -0.39 is 0 Å². The Bertz CT molecular complexity index is 1500. The number of benzene rings is 4. The number of rotatable bonds is 4. The number of carbonyl (C=O) groups is 1. The fourth-order valence-corrected chi connectivity index (χ4v) is 5.57. The molecule has 1 aliphatic rings. The quantitative estimate of drug-likeness (QED) is 0.290. The first-order chi connectivity index (χ1) is 16.7. The number of aromatic nitrogens is 1. The highest BCUT2D eigenvalue weighted by Crippen LogP contribution is 2.49. The summed E-state index contributed by atoms with van der Waals surface area (Å²) >= 11 is 0.